The highest BCUT2D eigenvalue weighted by Gasteiger charge is 2.61. The second-order valence-electron chi connectivity index (χ2n) is 10.6. The summed E-state index contributed by atoms with van der Waals surface area (Å²) in [5.74, 6) is -2.51. The number of ether oxygens (including phenoxy) is 1. The molecule has 2 atom stereocenters. The number of amides is 2. The van der Waals surface area contributed by atoms with Crippen LogP contribution in [0.15, 0.2) is 29.2 Å². The van der Waals surface area contributed by atoms with Crippen molar-refractivity contribution in [1.82, 2.24) is 14.8 Å². The molecule has 1 aliphatic heterocycles. The number of aromatic nitrogens is 1. The number of halogens is 2. The van der Waals surface area contributed by atoms with Gasteiger partial charge in [-0.25, -0.2) is 12.8 Å². The summed E-state index contributed by atoms with van der Waals surface area (Å²) in [5.41, 5.74) is -1.67. The van der Waals surface area contributed by atoms with Crippen LogP contribution in [-0.2, 0) is 21.9 Å². The van der Waals surface area contributed by atoms with Gasteiger partial charge in [0.25, 0.3) is 11.8 Å². The first kappa shape index (κ1) is 29.1. The lowest BCUT2D eigenvalue weighted by atomic mass is 10.0. The van der Waals surface area contributed by atoms with Crippen molar-refractivity contribution < 1.29 is 27.1 Å². The average Bonchev–Trinajstić information content (AvgIpc) is 3.53. The van der Waals surface area contributed by atoms with E-state index in [4.69, 9.17) is 16.3 Å². The minimum Gasteiger partial charge on any atom is -0.487 e. The van der Waals surface area contributed by atoms with E-state index in [1.165, 1.54) is 18.3 Å². The standard InChI is InChI=1S/C27H33ClFN3O6S/c1-5-6-10-38-24-22-26(35)31(16(2)3)15-27(11-18(27)14-39(4,36)37)32(22)13-19(23(24)33)25(34)30-12-17-8-7-9-20(28)21(17)29/h7-9,13,16,18H,5-6,10-12,14-15H2,1-4H3,(H,30,34)/t18-,27-/m0/s1. The van der Waals surface area contributed by atoms with Crippen LogP contribution in [0.1, 0.15) is 66.4 Å². The van der Waals surface area contributed by atoms with E-state index in [2.05, 4.69) is 5.32 Å². The number of nitrogens with zero attached hydrogens (tertiary/aromatic N) is 2. The fourth-order valence-corrected chi connectivity index (χ4v) is 6.50. The maximum Gasteiger partial charge on any atom is 0.274 e. The molecule has 1 fully saturated rings. The molecule has 0 radical (unpaired) electrons. The highest BCUT2D eigenvalue weighted by molar-refractivity contribution is 7.90. The molecule has 2 amide bonds. The fourth-order valence-electron chi connectivity index (χ4n) is 5.14. The number of unbranched alkanes of at least 4 members (excludes halogenated alkanes) is 1. The lowest BCUT2D eigenvalue weighted by Crippen LogP contribution is -2.52. The Hall–Kier alpha value is -2.92. The second-order valence-corrected chi connectivity index (χ2v) is 13.2. The molecular weight excluding hydrogens is 549 g/mol. The maximum atomic E-state index is 14.4. The summed E-state index contributed by atoms with van der Waals surface area (Å²) in [5, 5.41) is 2.47. The van der Waals surface area contributed by atoms with Crippen LogP contribution in [-0.4, -0.2) is 60.9 Å². The molecule has 1 aromatic heterocycles. The van der Waals surface area contributed by atoms with E-state index in [9.17, 15) is 27.2 Å². The Kier molecular flexibility index (Phi) is 8.14. The number of hydrogen-bond acceptors (Lipinski definition) is 6. The van der Waals surface area contributed by atoms with Crippen LogP contribution < -0.4 is 15.5 Å². The zero-order chi connectivity index (χ0) is 28.7. The first-order valence-electron chi connectivity index (χ1n) is 12.9. The Balaban J connectivity index is 1.81. The molecule has 0 unspecified atom stereocenters. The van der Waals surface area contributed by atoms with Crippen molar-refractivity contribution in [3.63, 3.8) is 0 Å². The van der Waals surface area contributed by atoms with Gasteiger partial charge in [-0.3, -0.25) is 14.4 Å². The van der Waals surface area contributed by atoms with Crippen LogP contribution in [0, 0.1) is 11.7 Å². The third-order valence-corrected chi connectivity index (χ3v) is 8.64. The average molecular weight is 582 g/mol. The lowest BCUT2D eigenvalue weighted by Gasteiger charge is -2.40. The SMILES string of the molecule is CCCCOc1c2n(cc(C(=O)NCc3cccc(Cl)c3F)c1=O)[C@@]1(C[C@H]1CS(C)(=O)=O)CN(C(C)C)C2=O. The first-order chi connectivity index (χ1) is 18.3. The van der Waals surface area contributed by atoms with Crippen LogP contribution in [0.25, 0.3) is 0 Å². The van der Waals surface area contributed by atoms with Crippen LogP contribution in [0.2, 0.25) is 5.02 Å². The second kappa shape index (κ2) is 10.9. The largest absolute Gasteiger partial charge is 0.487 e. The van der Waals surface area contributed by atoms with Gasteiger partial charge >= 0.3 is 0 Å². The van der Waals surface area contributed by atoms with Crippen LogP contribution in [0.5, 0.6) is 5.75 Å². The zero-order valence-corrected chi connectivity index (χ0v) is 24.0. The molecule has 9 nitrogen and oxygen atoms in total. The number of nitrogens with one attached hydrogen (secondary N) is 1. The molecule has 1 aliphatic carbocycles. The van der Waals surface area contributed by atoms with Crippen molar-refractivity contribution in [3.8, 4) is 5.75 Å². The molecule has 4 rings (SSSR count). The predicted molar refractivity (Wildman–Crippen MR) is 146 cm³/mol. The van der Waals surface area contributed by atoms with E-state index in [-0.39, 0.29) is 65.0 Å². The van der Waals surface area contributed by atoms with Gasteiger partial charge in [0.1, 0.15) is 21.2 Å². The van der Waals surface area contributed by atoms with Gasteiger partial charge < -0.3 is 19.5 Å². The number of benzene rings is 1. The van der Waals surface area contributed by atoms with Crippen LogP contribution in [0.4, 0.5) is 4.39 Å². The molecule has 39 heavy (non-hydrogen) atoms. The molecule has 0 saturated heterocycles. The van der Waals surface area contributed by atoms with Crippen molar-refractivity contribution in [2.75, 3.05) is 25.2 Å². The minimum atomic E-state index is -3.33. The third kappa shape index (κ3) is 5.70. The van der Waals surface area contributed by atoms with E-state index < -0.39 is 38.4 Å². The minimum absolute atomic E-state index is 0.0180. The summed E-state index contributed by atoms with van der Waals surface area (Å²) < 4.78 is 46.2. The molecule has 1 aromatic carbocycles. The van der Waals surface area contributed by atoms with Gasteiger partial charge in [0.05, 0.1) is 22.9 Å². The number of hydrogen-bond donors (Lipinski definition) is 1. The van der Waals surface area contributed by atoms with E-state index >= 15 is 0 Å². The molecule has 12 heteroatoms. The van der Waals surface area contributed by atoms with Gasteiger partial charge in [0.2, 0.25) is 5.43 Å². The van der Waals surface area contributed by atoms with E-state index in [0.717, 1.165) is 12.7 Å². The Morgan fingerprint density at radius 2 is 2.03 bits per heavy atom. The van der Waals surface area contributed by atoms with Crippen LogP contribution >= 0.6 is 11.6 Å². The van der Waals surface area contributed by atoms with Crippen molar-refractivity contribution in [3.05, 3.63) is 62.3 Å². The van der Waals surface area contributed by atoms with Crippen molar-refractivity contribution in [1.29, 1.82) is 0 Å². The molecule has 1 spiro atoms. The van der Waals surface area contributed by atoms with E-state index in [1.807, 2.05) is 20.8 Å². The number of pyridine rings is 1. The third-order valence-electron chi connectivity index (χ3n) is 7.34. The highest BCUT2D eigenvalue weighted by Crippen LogP contribution is 2.54. The summed E-state index contributed by atoms with van der Waals surface area (Å²) in [6.07, 6.45) is 4.34. The first-order valence-corrected chi connectivity index (χ1v) is 15.4. The van der Waals surface area contributed by atoms with Crippen molar-refractivity contribution >= 4 is 33.3 Å². The van der Waals surface area contributed by atoms with Gasteiger partial charge in [-0.05, 0) is 32.8 Å². The summed E-state index contributed by atoms with van der Waals surface area (Å²) in [7, 11) is -3.33. The predicted octanol–water partition coefficient (Wildman–Crippen LogP) is 3.37. The van der Waals surface area contributed by atoms with E-state index in [0.29, 0.717) is 12.8 Å². The molecule has 2 heterocycles. The number of rotatable bonds is 10. The summed E-state index contributed by atoms with van der Waals surface area (Å²) in [4.78, 5) is 42.1. The molecule has 2 aromatic rings. The Morgan fingerprint density at radius 3 is 2.67 bits per heavy atom. The number of fused-ring (bicyclic) bond motifs is 2. The molecule has 0 bridgehead atoms. The molecule has 2 aliphatic rings. The maximum absolute atomic E-state index is 14.4. The fraction of sp³-hybridized carbons (Fsp3) is 0.519. The van der Waals surface area contributed by atoms with Gasteiger partial charge in [0.15, 0.2) is 11.4 Å². The van der Waals surface area contributed by atoms with Gasteiger partial charge in [-0.2, -0.15) is 0 Å². The van der Waals surface area contributed by atoms with Gasteiger partial charge in [-0.1, -0.05) is 37.1 Å². The summed E-state index contributed by atoms with van der Waals surface area (Å²) in [6, 6.07) is 4.19. The topological polar surface area (TPSA) is 115 Å². The number of carbonyl (C=O) groups excluding carboxylic acids is 2. The monoisotopic (exact) mass is 581 g/mol. The number of carbonyl (C=O) groups is 2. The Morgan fingerprint density at radius 1 is 1.31 bits per heavy atom. The molecule has 1 N–H and O–H groups in total. The Labute approximate surface area is 232 Å². The Bertz CT molecular complexity index is 1470. The molecular formula is C27H33ClFN3O6S. The lowest BCUT2D eigenvalue weighted by molar-refractivity contribution is 0.0563. The smallest absolute Gasteiger partial charge is 0.274 e. The van der Waals surface area contributed by atoms with Crippen molar-refractivity contribution in [2.24, 2.45) is 5.92 Å². The van der Waals surface area contributed by atoms with Crippen LogP contribution in [0.3, 0.4) is 0 Å². The van der Waals surface area contributed by atoms with Crippen molar-refractivity contribution in [2.45, 2.75) is 58.2 Å². The van der Waals surface area contributed by atoms with E-state index in [1.54, 1.807) is 15.5 Å². The summed E-state index contributed by atoms with van der Waals surface area (Å²) >= 11 is 5.84. The highest BCUT2D eigenvalue weighted by atomic mass is 35.5. The van der Waals surface area contributed by atoms with Gasteiger partial charge in [-0.15, -0.1) is 0 Å². The normalized spacial score (nSPS) is 20.3. The number of sulfone groups is 1. The van der Waals surface area contributed by atoms with Gasteiger partial charge in [0, 0.05) is 43.1 Å². The zero-order valence-electron chi connectivity index (χ0n) is 22.4. The molecule has 1 saturated carbocycles. The summed E-state index contributed by atoms with van der Waals surface area (Å²) in [6.45, 7) is 5.82. The molecule has 212 valence electrons. The quantitative estimate of drug-likeness (QED) is 0.430.